The third-order valence-corrected chi connectivity index (χ3v) is 7.12. The number of benzene rings is 1. The van der Waals surface area contributed by atoms with Crippen molar-refractivity contribution < 1.29 is 24.9 Å². The number of carbonyl (C=O) groups excluding carboxylic acids is 2. The summed E-state index contributed by atoms with van der Waals surface area (Å²) in [6.07, 6.45) is 3.23. The van der Waals surface area contributed by atoms with E-state index in [2.05, 4.69) is 15.9 Å². The Morgan fingerprint density at radius 3 is 2.69 bits per heavy atom. The van der Waals surface area contributed by atoms with Crippen molar-refractivity contribution in [1.82, 2.24) is 4.90 Å². The highest BCUT2D eigenvalue weighted by molar-refractivity contribution is 9.10. The quantitative estimate of drug-likeness (QED) is 0.365. The molecule has 0 radical (unpaired) electrons. The second-order valence-corrected chi connectivity index (χ2v) is 9.85. The number of allylic oxidation sites excluding steroid dienone is 2. The number of aromatic hydroxyl groups is 1. The number of hydrogen-bond donors (Lipinski definition) is 3. The Morgan fingerprint density at radius 2 is 2.03 bits per heavy atom. The molecule has 1 aliphatic heterocycles. The van der Waals surface area contributed by atoms with Crippen LogP contribution in [0.1, 0.15) is 52.0 Å². The maximum atomic E-state index is 13.0. The van der Waals surface area contributed by atoms with Crippen molar-refractivity contribution in [3.05, 3.63) is 45.0 Å². The highest BCUT2D eigenvalue weighted by Crippen LogP contribution is 2.46. The summed E-state index contributed by atoms with van der Waals surface area (Å²) < 4.78 is 0.866. The van der Waals surface area contributed by atoms with Gasteiger partial charge in [0.25, 0.3) is 0 Å². The lowest BCUT2D eigenvalue weighted by Crippen LogP contribution is -2.38. The fraction of sp³-hybridized carbons (Fsp3) is 0.520. The summed E-state index contributed by atoms with van der Waals surface area (Å²) in [5, 5.41) is 31.2. The average Bonchev–Trinajstić information content (AvgIpc) is 2.98. The van der Waals surface area contributed by atoms with Gasteiger partial charge in [-0.15, -0.1) is 0 Å². The van der Waals surface area contributed by atoms with Crippen molar-refractivity contribution in [2.75, 3.05) is 13.2 Å². The molecule has 1 aromatic rings. The van der Waals surface area contributed by atoms with Gasteiger partial charge < -0.3 is 15.3 Å². The second kappa shape index (κ2) is 10.3. The van der Waals surface area contributed by atoms with Crippen LogP contribution >= 0.6 is 15.9 Å². The minimum Gasteiger partial charge on any atom is -0.507 e. The van der Waals surface area contributed by atoms with Gasteiger partial charge in [-0.05, 0) is 63.3 Å². The smallest absolute Gasteiger partial charge is 0.233 e. The number of phenolic OH excluding ortho intramolecular Hbond substituents is 1. The van der Waals surface area contributed by atoms with Gasteiger partial charge >= 0.3 is 0 Å². The van der Waals surface area contributed by atoms with E-state index in [1.54, 1.807) is 12.1 Å². The van der Waals surface area contributed by atoms with Gasteiger partial charge in [0.15, 0.2) is 0 Å². The summed E-state index contributed by atoms with van der Waals surface area (Å²) in [5.41, 5.74) is 3.28. The molecule has 2 amide bonds. The molecule has 1 heterocycles. The summed E-state index contributed by atoms with van der Waals surface area (Å²) >= 11 is 3.40. The third-order valence-electron chi connectivity index (χ3n) is 6.63. The molecular formula is C25H32BrNO5. The van der Waals surface area contributed by atoms with Gasteiger partial charge in [-0.25, -0.2) is 0 Å². The number of aliphatic hydroxyl groups is 2. The molecule has 1 aliphatic carbocycles. The largest absolute Gasteiger partial charge is 0.507 e. The molecule has 32 heavy (non-hydrogen) atoms. The Labute approximate surface area is 197 Å². The minimum absolute atomic E-state index is 0.152. The molecule has 1 aromatic carbocycles. The molecule has 4 atom stereocenters. The summed E-state index contributed by atoms with van der Waals surface area (Å²) in [5.74, 6) is -1.77. The van der Waals surface area contributed by atoms with Crippen molar-refractivity contribution >= 4 is 33.8 Å². The van der Waals surface area contributed by atoms with Gasteiger partial charge in [0.2, 0.25) is 11.8 Å². The lowest BCUT2D eigenvalue weighted by atomic mass is 9.68. The van der Waals surface area contributed by atoms with E-state index < -0.39 is 23.9 Å². The lowest BCUT2D eigenvalue weighted by Gasteiger charge is -2.35. The van der Waals surface area contributed by atoms with E-state index in [0.717, 1.165) is 15.6 Å². The first-order valence-corrected chi connectivity index (χ1v) is 12.0. The van der Waals surface area contributed by atoms with E-state index in [1.165, 1.54) is 4.90 Å². The Morgan fingerprint density at radius 1 is 1.31 bits per heavy atom. The van der Waals surface area contributed by atoms with E-state index in [4.69, 9.17) is 0 Å². The maximum absolute atomic E-state index is 13.0. The highest BCUT2D eigenvalue weighted by atomic mass is 79.9. The van der Waals surface area contributed by atoms with Crippen molar-refractivity contribution in [2.45, 2.75) is 52.6 Å². The number of amides is 2. The zero-order valence-corrected chi connectivity index (χ0v) is 20.4. The van der Waals surface area contributed by atoms with Crippen molar-refractivity contribution in [2.24, 2.45) is 17.8 Å². The van der Waals surface area contributed by atoms with Crippen molar-refractivity contribution in [3.8, 4) is 5.75 Å². The molecule has 0 unspecified atom stereocenters. The maximum Gasteiger partial charge on any atom is 0.233 e. The number of carbonyl (C=O) groups is 2. The van der Waals surface area contributed by atoms with Crippen LogP contribution < -0.4 is 0 Å². The first-order chi connectivity index (χ1) is 15.2. The topological polar surface area (TPSA) is 98.1 Å². The van der Waals surface area contributed by atoms with Crippen LogP contribution in [0.4, 0.5) is 0 Å². The monoisotopic (exact) mass is 505 g/mol. The van der Waals surface area contributed by atoms with Crippen LogP contribution in [0, 0.1) is 17.8 Å². The van der Waals surface area contributed by atoms with Crippen LogP contribution in [0.2, 0.25) is 0 Å². The number of phenols is 1. The van der Waals surface area contributed by atoms with Crippen LogP contribution in [-0.4, -0.2) is 51.3 Å². The van der Waals surface area contributed by atoms with Gasteiger partial charge in [0, 0.05) is 22.5 Å². The molecule has 7 heteroatoms. The van der Waals surface area contributed by atoms with E-state index >= 15 is 0 Å². The number of fused-ring (bicyclic) bond motifs is 1. The van der Waals surface area contributed by atoms with E-state index in [1.807, 2.05) is 32.9 Å². The molecule has 2 aliphatic rings. The molecule has 0 aromatic heterocycles. The van der Waals surface area contributed by atoms with Crippen molar-refractivity contribution in [3.63, 3.8) is 0 Å². The Kier molecular flexibility index (Phi) is 7.96. The Balaban J connectivity index is 1.76. The Bertz CT molecular complexity index is 954. The van der Waals surface area contributed by atoms with Crippen LogP contribution in [-0.2, 0) is 9.59 Å². The second-order valence-electron chi connectivity index (χ2n) is 8.94. The molecule has 1 fully saturated rings. The number of aliphatic hydroxyl groups excluding tert-OH is 2. The predicted molar refractivity (Wildman–Crippen MR) is 127 cm³/mol. The lowest BCUT2D eigenvalue weighted by molar-refractivity contribution is -0.140. The van der Waals surface area contributed by atoms with Gasteiger partial charge in [-0.1, -0.05) is 40.1 Å². The minimum atomic E-state index is -0.810. The zero-order chi connectivity index (χ0) is 23.6. The highest BCUT2D eigenvalue weighted by Gasteiger charge is 2.53. The summed E-state index contributed by atoms with van der Waals surface area (Å²) in [6, 6.07) is 5.22. The van der Waals surface area contributed by atoms with Gasteiger partial charge in [0.05, 0.1) is 24.5 Å². The van der Waals surface area contributed by atoms with E-state index in [9.17, 15) is 24.9 Å². The van der Waals surface area contributed by atoms with Gasteiger partial charge in [0.1, 0.15) is 5.75 Å². The van der Waals surface area contributed by atoms with E-state index in [-0.39, 0.29) is 24.2 Å². The summed E-state index contributed by atoms with van der Waals surface area (Å²) in [7, 11) is 0. The predicted octanol–water partition coefficient (Wildman–Crippen LogP) is 4.04. The molecule has 174 valence electrons. The third kappa shape index (κ3) is 4.85. The molecule has 0 spiro atoms. The molecule has 3 rings (SSSR count). The molecule has 1 saturated heterocycles. The number of hydrogen-bond acceptors (Lipinski definition) is 5. The SMILES string of the molecule is CCCN1C(=O)[C@@H]2[C@@H](CC(C)=C([C@H](O)CC/C(C)=C/c3cc(Br)ccc3O)[C@@H]2CO)C1=O. The number of halogens is 1. The van der Waals surface area contributed by atoms with Crippen LogP contribution in [0.25, 0.3) is 6.08 Å². The fourth-order valence-electron chi connectivity index (χ4n) is 5.12. The molecule has 0 saturated carbocycles. The molecule has 6 nitrogen and oxygen atoms in total. The zero-order valence-electron chi connectivity index (χ0n) is 18.8. The van der Waals surface area contributed by atoms with Crippen molar-refractivity contribution in [1.29, 1.82) is 0 Å². The number of imide groups is 1. The van der Waals surface area contributed by atoms with Crippen LogP contribution in [0.15, 0.2) is 39.4 Å². The Hall–Kier alpha value is -1.96. The fourth-order valence-corrected chi connectivity index (χ4v) is 5.50. The summed E-state index contributed by atoms with van der Waals surface area (Å²) in [4.78, 5) is 27.1. The van der Waals surface area contributed by atoms with E-state index in [0.29, 0.717) is 43.4 Å². The van der Waals surface area contributed by atoms with Crippen LogP contribution in [0.5, 0.6) is 5.75 Å². The van der Waals surface area contributed by atoms with Crippen LogP contribution in [0.3, 0.4) is 0 Å². The molecule has 3 N–H and O–H groups in total. The standard InChI is InChI=1S/C25H32BrNO5/c1-4-9-27-24(31)18-11-15(3)22(19(13-28)23(18)25(27)32)21(30)7-5-14(2)10-16-12-17(26)6-8-20(16)29/h6,8,10,12,18-19,21,23,28-30H,4-5,7,9,11,13H2,1-3H3/b14-10+/t18-,19+,21-,23-/m1/s1. The first-order valence-electron chi connectivity index (χ1n) is 11.2. The summed E-state index contributed by atoms with van der Waals surface area (Å²) in [6.45, 7) is 5.88. The normalized spacial score (nSPS) is 24.9. The molecular weight excluding hydrogens is 474 g/mol. The number of nitrogens with zero attached hydrogens (tertiary/aromatic N) is 1. The van der Waals surface area contributed by atoms with Gasteiger partial charge in [-0.2, -0.15) is 0 Å². The number of likely N-dealkylation sites (tertiary alicyclic amines) is 1. The number of rotatable bonds is 8. The van der Waals surface area contributed by atoms with Gasteiger partial charge in [-0.3, -0.25) is 14.5 Å². The average molecular weight is 506 g/mol. The first kappa shape index (κ1) is 24.7. The molecule has 0 bridgehead atoms.